The van der Waals surface area contributed by atoms with Crippen LogP contribution in [0.25, 0.3) is 11.3 Å². The van der Waals surface area contributed by atoms with Gasteiger partial charge in [-0.25, -0.2) is 4.79 Å². The van der Waals surface area contributed by atoms with Crippen molar-refractivity contribution in [1.29, 1.82) is 0 Å². The molecule has 0 saturated carbocycles. The first kappa shape index (κ1) is 12.8. The monoisotopic (exact) mass is 341 g/mol. The van der Waals surface area contributed by atoms with E-state index in [9.17, 15) is 9.90 Å². The Kier molecular flexibility index (Phi) is 3.01. The van der Waals surface area contributed by atoms with E-state index in [2.05, 4.69) is 21.1 Å². The molecule has 7 nitrogen and oxygen atoms in total. The van der Waals surface area contributed by atoms with Crippen molar-refractivity contribution in [3.05, 3.63) is 22.4 Å². The normalized spacial score (nSPS) is 13.2. The third kappa shape index (κ3) is 1.97. The minimum atomic E-state index is -1.25. The summed E-state index contributed by atoms with van der Waals surface area (Å²) in [5, 5.41) is 22.6. The van der Waals surface area contributed by atoms with Gasteiger partial charge in [0, 0.05) is 12.1 Å². The zero-order chi connectivity index (χ0) is 14.3. The molecule has 0 saturated heterocycles. The first-order valence-electron chi connectivity index (χ1n) is 5.59. The maximum absolute atomic E-state index is 10.8. The fourth-order valence-corrected chi connectivity index (χ4v) is 2.28. The van der Waals surface area contributed by atoms with Crippen LogP contribution in [0.5, 0.6) is 17.2 Å². The van der Waals surface area contributed by atoms with E-state index in [1.165, 1.54) is 6.07 Å². The number of hydrogen-bond acceptors (Lipinski definition) is 6. The molecule has 0 spiro atoms. The average Bonchev–Trinajstić information content (AvgIpc) is 2.90. The van der Waals surface area contributed by atoms with Gasteiger partial charge in [-0.3, -0.25) is 0 Å². The highest BCUT2D eigenvalue weighted by molar-refractivity contribution is 9.10. The van der Waals surface area contributed by atoms with E-state index in [1.54, 1.807) is 6.07 Å². The Morgan fingerprint density at radius 2 is 2.05 bits per heavy atom. The number of carbonyl (C=O) groups is 1. The second kappa shape index (κ2) is 4.71. The molecule has 8 heteroatoms. The van der Waals surface area contributed by atoms with Crippen molar-refractivity contribution in [2.24, 2.45) is 0 Å². The molecule has 1 aliphatic heterocycles. The van der Waals surface area contributed by atoms with E-state index in [4.69, 9.17) is 19.1 Å². The Hall–Kier alpha value is -2.22. The van der Waals surface area contributed by atoms with Crippen molar-refractivity contribution in [3.8, 4) is 28.5 Å². The van der Waals surface area contributed by atoms with Crippen molar-refractivity contribution < 1.29 is 29.0 Å². The van der Waals surface area contributed by atoms with Gasteiger partial charge in [0.05, 0.1) is 10.0 Å². The summed E-state index contributed by atoms with van der Waals surface area (Å²) in [6, 6.07) is 2.79. The molecular formula is C12H8BrNO6. The Labute approximate surface area is 120 Å². The Morgan fingerprint density at radius 3 is 2.75 bits per heavy atom. The van der Waals surface area contributed by atoms with Crippen molar-refractivity contribution >= 4 is 21.9 Å². The standard InChI is InChI=1S/C12H8BrNO6/c13-5-3-7-11(19-2-1-18-7)9(10(5)15)6-4-8(12(16)17)20-14-6/h3-4,15H,1-2H2,(H,16,17). The van der Waals surface area contributed by atoms with Gasteiger partial charge >= 0.3 is 5.97 Å². The number of aromatic carboxylic acids is 1. The Bertz CT molecular complexity index is 695. The van der Waals surface area contributed by atoms with Gasteiger partial charge < -0.3 is 24.2 Å². The molecule has 0 amide bonds. The molecule has 3 rings (SSSR count). The molecule has 0 fully saturated rings. The van der Waals surface area contributed by atoms with Gasteiger partial charge in [-0.15, -0.1) is 0 Å². The minimum absolute atomic E-state index is 0.125. The molecule has 2 heterocycles. The maximum atomic E-state index is 10.8. The number of nitrogens with zero attached hydrogens (tertiary/aromatic N) is 1. The third-order valence-corrected chi connectivity index (χ3v) is 3.34. The number of aromatic hydroxyl groups is 1. The van der Waals surface area contributed by atoms with E-state index in [0.717, 1.165) is 0 Å². The highest BCUT2D eigenvalue weighted by Gasteiger charge is 2.26. The predicted octanol–water partition coefficient (Wildman–Crippen LogP) is 2.28. The van der Waals surface area contributed by atoms with Gasteiger partial charge in [0.2, 0.25) is 5.76 Å². The molecule has 0 aliphatic carbocycles. The van der Waals surface area contributed by atoms with Crippen LogP contribution in [-0.4, -0.2) is 34.6 Å². The number of aromatic nitrogens is 1. The largest absolute Gasteiger partial charge is 0.506 e. The lowest BCUT2D eigenvalue weighted by atomic mass is 10.1. The van der Waals surface area contributed by atoms with E-state index >= 15 is 0 Å². The number of carboxylic acids is 1. The molecule has 20 heavy (non-hydrogen) atoms. The van der Waals surface area contributed by atoms with Gasteiger partial charge in [0.15, 0.2) is 11.5 Å². The van der Waals surface area contributed by atoms with Crippen molar-refractivity contribution in [2.75, 3.05) is 13.2 Å². The van der Waals surface area contributed by atoms with Gasteiger partial charge in [0.25, 0.3) is 0 Å². The number of rotatable bonds is 2. The Balaban J connectivity index is 2.20. The molecular weight excluding hydrogens is 334 g/mol. The molecule has 0 bridgehead atoms. The lowest BCUT2D eigenvalue weighted by Gasteiger charge is -2.21. The van der Waals surface area contributed by atoms with Gasteiger partial charge in [-0.1, -0.05) is 5.16 Å². The number of halogens is 1. The molecule has 1 aromatic heterocycles. The first-order chi connectivity index (χ1) is 9.58. The van der Waals surface area contributed by atoms with Gasteiger partial charge in [0.1, 0.15) is 24.7 Å². The molecule has 0 atom stereocenters. The van der Waals surface area contributed by atoms with Crippen LogP contribution >= 0.6 is 15.9 Å². The molecule has 0 radical (unpaired) electrons. The van der Waals surface area contributed by atoms with Crippen molar-refractivity contribution in [1.82, 2.24) is 5.16 Å². The summed E-state index contributed by atoms with van der Waals surface area (Å²) < 4.78 is 16.0. The molecule has 0 unspecified atom stereocenters. The number of phenolic OH excluding ortho intramolecular Hbond substituents is 1. The van der Waals surface area contributed by atoms with Crippen LogP contribution in [-0.2, 0) is 0 Å². The van der Waals surface area contributed by atoms with Crippen molar-refractivity contribution in [2.45, 2.75) is 0 Å². The fourth-order valence-electron chi connectivity index (χ4n) is 1.88. The van der Waals surface area contributed by atoms with Crippen LogP contribution in [0.4, 0.5) is 0 Å². The summed E-state index contributed by atoms with van der Waals surface area (Å²) in [6.45, 7) is 0.716. The van der Waals surface area contributed by atoms with Crippen LogP contribution in [0.2, 0.25) is 0 Å². The first-order valence-corrected chi connectivity index (χ1v) is 6.38. The Morgan fingerprint density at radius 1 is 1.30 bits per heavy atom. The maximum Gasteiger partial charge on any atom is 0.374 e. The number of carboxylic acid groups (broad SMARTS) is 1. The topological polar surface area (TPSA) is 102 Å². The zero-order valence-electron chi connectivity index (χ0n) is 9.92. The summed E-state index contributed by atoms with van der Waals surface area (Å²) in [7, 11) is 0. The van der Waals surface area contributed by atoms with E-state index in [0.29, 0.717) is 29.2 Å². The molecule has 104 valence electrons. The van der Waals surface area contributed by atoms with Crippen LogP contribution in [0.3, 0.4) is 0 Å². The highest BCUT2D eigenvalue weighted by Crippen LogP contribution is 2.48. The lowest BCUT2D eigenvalue weighted by Crippen LogP contribution is -2.16. The summed E-state index contributed by atoms with van der Waals surface area (Å²) in [6.07, 6.45) is 0. The molecule has 1 aliphatic rings. The summed E-state index contributed by atoms with van der Waals surface area (Å²) in [5.41, 5.74) is 0.383. The van der Waals surface area contributed by atoms with E-state index < -0.39 is 5.97 Å². The third-order valence-electron chi connectivity index (χ3n) is 2.74. The zero-order valence-corrected chi connectivity index (χ0v) is 11.5. The van der Waals surface area contributed by atoms with E-state index in [-0.39, 0.29) is 22.8 Å². The summed E-state index contributed by atoms with van der Waals surface area (Å²) in [5.74, 6) is -0.952. The average molecular weight is 342 g/mol. The quantitative estimate of drug-likeness (QED) is 0.863. The SMILES string of the molecule is O=C(O)c1cc(-c2c(O)c(Br)cc3c2OCCO3)no1. The van der Waals surface area contributed by atoms with E-state index in [1.807, 2.05) is 0 Å². The van der Waals surface area contributed by atoms with Crippen molar-refractivity contribution in [3.63, 3.8) is 0 Å². The van der Waals surface area contributed by atoms with Crippen LogP contribution in [0.1, 0.15) is 10.6 Å². The highest BCUT2D eigenvalue weighted by atomic mass is 79.9. The van der Waals surface area contributed by atoms with Gasteiger partial charge in [-0.2, -0.15) is 0 Å². The summed E-state index contributed by atoms with van der Waals surface area (Å²) >= 11 is 3.20. The lowest BCUT2D eigenvalue weighted by molar-refractivity contribution is 0.0652. The number of ether oxygens (including phenoxy) is 2. The predicted molar refractivity (Wildman–Crippen MR) is 69.3 cm³/mol. The number of hydrogen-bond donors (Lipinski definition) is 2. The van der Waals surface area contributed by atoms with Crippen LogP contribution in [0, 0.1) is 0 Å². The summed E-state index contributed by atoms with van der Waals surface area (Å²) in [4.78, 5) is 10.8. The number of fused-ring (bicyclic) bond motifs is 1. The number of phenols is 1. The smallest absolute Gasteiger partial charge is 0.374 e. The second-order valence-corrected chi connectivity index (χ2v) is 4.84. The fraction of sp³-hybridized carbons (Fsp3) is 0.167. The molecule has 2 N–H and O–H groups in total. The van der Waals surface area contributed by atoms with Crippen LogP contribution < -0.4 is 9.47 Å². The molecule has 2 aromatic rings. The van der Waals surface area contributed by atoms with Crippen LogP contribution in [0.15, 0.2) is 21.1 Å². The minimum Gasteiger partial charge on any atom is -0.506 e. The van der Waals surface area contributed by atoms with Gasteiger partial charge in [-0.05, 0) is 15.9 Å². The second-order valence-electron chi connectivity index (χ2n) is 3.99. The molecule has 1 aromatic carbocycles. The number of benzene rings is 1.